The Labute approximate surface area is 116 Å². The molecule has 1 aliphatic heterocycles. The molecular weight excluding hydrogens is 236 g/mol. The van der Waals surface area contributed by atoms with Crippen LogP contribution >= 0.6 is 0 Å². The highest BCUT2D eigenvalue weighted by atomic mass is 15.3. The van der Waals surface area contributed by atoms with Gasteiger partial charge in [-0.05, 0) is 44.6 Å². The number of nitrogens with zero attached hydrogens (tertiary/aromatic N) is 3. The highest BCUT2D eigenvalue weighted by Gasteiger charge is 2.21. The molecule has 0 amide bonds. The van der Waals surface area contributed by atoms with Crippen LogP contribution in [0.5, 0.6) is 0 Å². The van der Waals surface area contributed by atoms with Crippen molar-refractivity contribution in [2.45, 2.75) is 32.9 Å². The summed E-state index contributed by atoms with van der Waals surface area (Å²) < 4.78 is 0. The highest BCUT2D eigenvalue weighted by molar-refractivity contribution is 5.41. The molecule has 1 aromatic heterocycles. The third kappa shape index (κ3) is 3.91. The van der Waals surface area contributed by atoms with Crippen LogP contribution in [-0.2, 0) is 6.54 Å². The molecule has 0 radical (unpaired) electrons. The molecular formula is C15H26N4. The van der Waals surface area contributed by atoms with Crippen molar-refractivity contribution in [2.75, 3.05) is 38.1 Å². The van der Waals surface area contributed by atoms with Crippen molar-refractivity contribution in [1.82, 2.24) is 15.2 Å². The number of rotatable bonds is 5. The lowest BCUT2D eigenvalue weighted by atomic mass is 10.2. The Morgan fingerprint density at radius 2 is 2.26 bits per heavy atom. The molecule has 1 unspecified atom stereocenters. The van der Waals surface area contributed by atoms with Gasteiger partial charge in [0, 0.05) is 38.4 Å². The van der Waals surface area contributed by atoms with Crippen LogP contribution in [0.3, 0.4) is 0 Å². The first-order chi connectivity index (χ1) is 9.20. The van der Waals surface area contributed by atoms with Gasteiger partial charge in [-0.3, -0.25) is 0 Å². The molecule has 0 bridgehead atoms. The Hall–Kier alpha value is -1.13. The lowest BCUT2D eigenvalue weighted by Gasteiger charge is -2.38. The summed E-state index contributed by atoms with van der Waals surface area (Å²) in [6.07, 6.45) is 3.11. The zero-order valence-electron chi connectivity index (χ0n) is 12.4. The molecule has 1 atom stereocenters. The largest absolute Gasteiger partial charge is 0.354 e. The van der Waals surface area contributed by atoms with E-state index in [0.29, 0.717) is 6.04 Å². The maximum atomic E-state index is 4.53. The normalized spacial score (nSPS) is 20.8. The van der Waals surface area contributed by atoms with Gasteiger partial charge in [-0.15, -0.1) is 0 Å². The summed E-state index contributed by atoms with van der Waals surface area (Å²) in [5.41, 5.74) is 1.32. The molecule has 0 spiro atoms. The van der Waals surface area contributed by atoms with Crippen molar-refractivity contribution >= 4 is 5.82 Å². The topological polar surface area (TPSA) is 31.4 Å². The first-order valence-corrected chi connectivity index (χ1v) is 7.31. The Morgan fingerprint density at radius 1 is 1.42 bits per heavy atom. The van der Waals surface area contributed by atoms with Crippen LogP contribution in [0.25, 0.3) is 0 Å². The second-order valence-corrected chi connectivity index (χ2v) is 5.47. The number of hydrogen-bond acceptors (Lipinski definition) is 4. The van der Waals surface area contributed by atoms with Gasteiger partial charge in [-0.2, -0.15) is 0 Å². The summed E-state index contributed by atoms with van der Waals surface area (Å²) in [7, 11) is 2.19. The summed E-state index contributed by atoms with van der Waals surface area (Å²) in [4.78, 5) is 9.33. The maximum Gasteiger partial charge on any atom is 0.128 e. The molecule has 0 aromatic carbocycles. The number of piperazine rings is 1. The number of likely N-dealkylation sites (N-methyl/N-ethyl adjacent to an activating group) is 1. The van der Waals surface area contributed by atoms with E-state index < -0.39 is 0 Å². The van der Waals surface area contributed by atoms with Crippen molar-refractivity contribution in [3.8, 4) is 0 Å². The monoisotopic (exact) mass is 262 g/mol. The van der Waals surface area contributed by atoms with Gasteiger partial charge in [-0.25, -0.2) is 4.98 Å². The van der Waals surface area contributed by atoms with Gasteiger partial charge in [-0.1, -0.05) is 6.92 Å². The number of anilines is 1. The van der Waals surface area contributed by atoms with Crippen molar-refractivity contribution in [2.24, 2.45) is 0 Å². The smallest absolute Gasteiger partial charge is 0.128 e. The molecule has 1 N–H and O–H groups in total. The van der Waals surface area contributed by atoms with E-state index in [2.05, 4.69) is 53.1 Å². The van der Waals surface area contributed by atoms with Crippen LogP contribution in [0.2, 0.25) is 0 Å². The molecule has 4 heteroatoms. The summed E-state index contributed by atoms with van der Waals surface area (Å²) in [5, 5.41) is 3.44. The first kappa shape index (κ1) is 14.3. The Morgan fingerprint density at radius 3 is 3.00 bits per heavy atom. The maximum absolute atomic E-state index is 4.53. The van der Waals surface area contributed by atoms with Crippen molar-refractivity contribution < 1.29 is 0 Å². The number of pyridine rings is 1. The minimum absolute atomic E-state index is 0.595. The van der Waals surface area contributed by atoms with Crippen LogP contribution in [0.4, 0.5) is 5.82 Å². The minimum atomic E-state index is 0.595. The molecule has 1 saturated heterocycles. The lowest BCUT2D eigenvalue weighted by Crippen LogP contribution is -2.50. The molecule has 1 fully saturated rings. The van der Waals surface area contributed by atoms with Crippen molar-refractivity contribution in [3.05, 3.63) is 23.9 Å². The number of nitrogens with one attached hydrogen (secondary N) is 1. The van der Waals surface area contributed by atoms with E-state index >= 15 is 0 Å². The van der Waals surface area contributed by atoms with E-state index in [1.165, 1.54) is 12.0 Å². The molecule has 0 saturated carbocycles. The Kier molecular flexibility index (Phi) is 5.16. The van der Waals surface area contributed by atoms with E-state index in [9.17, 15) is 0 Å². The van der Waals surface area contributed by atoms with Gasteiger partial charge in [0.25, 0.3) is 0 Å². The fourth-order valence-corrected chi connectivity index (χ4v) is 2.41. The van der Waals surface area contributed by atoms with Gasteiger partial charge in [0.2, 0.25) is 0 Å². The lowest BCUT2D eigenvalue weighted by molar-refractivity contribution is 0.233. The number of hydrogen-bond donors (Lipinski definition) is 1. The molecule has 106 valence electrons. The average Bonchev–Trinajstić information content (AvgIpc) is 2.43. The molecule has 2 rings (SSSR count). The van der Waals surface area contributed by atoms with Crippen molar-refractivity contribution in [3.63, 3.8) is 0 Å². The predicted molar refractivity (Wildman–Crippen MR) is 80.5 cm³/mol. The number of aromatic nitrogens is 1. The quantitative estimate of drug-likeness (QED) is 0.819. The second kappa shape index (κ2) is 6.87. The third-order valence-corrected chi connectivity index (χ3v) is 3.85. The van der Waals surface area contributed by atoms with E-state index in [0.717, 1.165) is 38.5 Å². The molecule has 19 heavy (non-hydrogen) atoms. The molecule has 0 aliphatic carbocycles. The van der Waals surface area contributed by atoms with Crippen LogP contribution < -0.4 is 10.2 Å². The van der Waals surface area contributed by atoms with Crippen LogP contribution in [0.15, 0.2) is 18.3 Å². The van der Waals surface area contributed by atoms with Gasteiger partial charge in [0.1, 0.15) is 5.82 Å². The third-order valence-electron chi connectivity index (χ3n) is 3.85. The van der Waals surface area contributed by atoms with Gasteiger partial charge in [0.15, 0.2) is 0 Å². The van der Waals surface area contributed by atoms with E-state index in [-0.39, 0.29) is 0 Å². The molecule has 4 nitrogen and oxygen atoms in total. The van der Waals surface area contributed by atoms with Gasteiger partial charge in [0.05, 0.1) is 0 Å². The zero-order chi connectivity index (χ0) is 13.7. The average molecular weight is 262 g/mol. The standard InChI is InChI=1S/C15H26N4/c1-4-6-16-11-14-5-7-17-15(10-14)19-9-8-18(3)13(2)12-19/h5,7,10,13,16H,4,6,8-9,11-12H2,1-3H3. The van der Waals surface area contributed by atoms with Crippen LogP contribution in [-0.4, -0.2) is 49.2 Å². The highest BCUT2D eigenvalue weighted by Crippen LogP contribution is 2.17. The fraction of sp³-hybridized carbons (Fsp3) is 0.667. The minimum Gasteiger partial charge on any atom is -0.354 e. The van der Waals surface area contributed by atoms with Gasteiger partial charge < -0.3 is 15.1 Å². The zero-order valence-corrected chi connectivity index (χ0v) is 12.4. The van der Waals surface area contributed by atoms with Crippen LogP contribution in [0.1, 0.15) is 25.8 Å². The second-order valence-electron chi connectivity index (χ2n) is 5.47. The summed E-state index contributed by atoms with van der Waals surface area (Å²) >= 11 is 0. The molecule has 2 heterocycles. The summed E-state index contributed by atoms with van der Waals surface area (Å²) in [6, 6.07) is 4.92. The SMILES string of the molecule is CCCNCc1ccnc(N2CCN(C)C(C)C2)c1. The summed E-state index contributed by atoms with van der Waals surface area (Å²) in [6.45, 7) is 9.72. The Balaban J connectivity index is 1.98. The van der Waals surface area contributed by atoms with E-state index in [1.807, 2.05) is 6.20 Å². The molecule has 1 aliphatic rings. The predicted octanol–water partition coefficient (Wildman–Crippen LogP) is 1.72. The Bertz CT molecular complexity index is 393. The van der Waals surface area contributed by atoms with Crippen LogP contribution in [0, 0.1) is 0 Å². The first-order valence-electron chi connectivity index (χ1n) is 7.31. The van der Waals surface area contributed by atoms with Crippen molar-refractivity contribution in [1.29, 1.82) is 0 Å². The fourth-order valence-electron chi connectivity index (χ4n) is 2.41. The van der Waals surface area contributed by atoms with Gasteiger partial charge >= 0.3 is 0 Å². The van der Waals surface area contributed by atoms with E-state index in [4.69, 9.17) is 0 Å². The molecule has 1 aromatic rings. The summed E-state index contributed by atoms with van der Waals surface area (Å²) in [5.74, 6) is 1.12. The van der Waals surface area contributed by atoms with E-state index in [1.54, 1.807) is 0 Å².